The smallest absolute Gasteiger partial charge is 0.247 e. The number of carbonyl (C=O) groups is 2. The number of nitriles is 1. The second-order valence-corrected chi connectivity index (χ2v) is 7.78. The molecule has 0 aliphatic rings. The third-order valence-corrected chi connectivity index (χ3v) is 5.35. The van der Waals surface area contributed by atoms with E-state index in [1.54, 1.807) is 11.4 Å². The fourth-order valence-corrected chi connectivity index (χ4v) is 3.80. The van der Waals surface area contributed by atoms with Crippen LogP contribution in [0.25, 0.3) is 10.8 Å². The molecular weight excluding hydrogens is 370 g/mol. The number of anilines is 1. The van der Waals surface area contributed by atoms with Crippen LogP contribution >= 0.6 is 11.3 Å². The van der Waals surface area contributed by atoms with Crippen LogP contribution in [0.4, 0.5) is 5.00 Å². The zero-order chi connectivity index (χ0) is 20.1. The van der Waals surface area contributed by atoms with Gasteiger partial charge in [0.2, 0.25) is 11.8 Å². The number of carbonyl (C=O) groups excluding carboxylic acids is 2. The van der Waals surface area contributed by atoms with Crippen molar-refractivity contribution in [2.45, 2.75) is 26.3 Å². The number of nitrogens with one attached hydrogen (secondary N) is 2. The molecule has 0 aliphatic carbocycles. The van der Waals surface area contributed by atoms with E-state index in [0.717, 1.165) is 16.3 Å². The highest BCUT2D eigenvalue weighted by Crippen LogP contribution is 2.23. The molecule has 2 aromatic carbocycles. The highest BCUT2D eigenvalue weighted by Gasteiger charge is 2.25. The summed E-state index contributed by atoms with van der Waals surface area (Å²) in [5.41, 5.74) is 1.34. The molecule has 5 nitrogen and oxygen atoms in total. The Labute approximate surface area is 168 Å². The predicted molar refractivity (Wildman–Crippen MR) is 112 cm³/mol. The Morgan fingerprint density at radius 2 is 1.86 bits per heavy atom. The SMILES string of the molecule is CC(C)C(NC(=O)Cc1cccc2ccccc12)C(=O)Nc1sccc1C#N. The number of nitrogens with zero attached hydrogens (tertiary/aromatic N) is 1. The highest BCUT2D eigenvalue weighted by atomic mass is 32.1. The maximum Gasteiger partial charge on any atom is 0.247 e. The summed E-state index contributed by atoms with van der Waals surface area (Å²) in [5, 5.41) is 19.1. The minimum atomic E-state index is -0.684. The largest absolute Gasteiger partial charge is 0.344 e. The van der Waals surface area contributed by atoms with Crippen LogP contribution in [0, 0.1) is 17.2 Å². The van der Waals surface area contributed by atoms with E-state index >= 15 is 0 Å². The summed E-state index contributed by atoms with van der Waals surface area (Å²) in [5.74, 6) is -0.626. The van der Waals surface area contributed by atoms with Crippen molar-refractivity contribution in [1.82, 2.24) is 5.32 Å². The molecule has 6 heteroatoms. The van der Waals surface area contributed by atoms with Gasteiger partial charge < -0.3 is 10.6 Å². The lowest BCUT2D eigenvalue weighted by Gasteiger charge is -2.21. The molecule has 28 heavy (non-hydrogen) atoms. The highest BCUT2D eigenvalue weighted by molar-refractivity contribution is 7.14. The van der Waals surface area contributed by atoms with Gasteiger partial charge in [0.1, 0.15) is 17.1 Å². The molecule has 0 radical (unpaired) electrons. The van der Waals surface area contributed by atoms with E-state index in [4.69, 9.17) is 5.26 Å². The lowest BCUT2D eigenvalue weighted by molar-refractivity contribution is -0.127. The number of benzene rings is 2. The Bertz CT molecular complexity index is 1040. The minimum absolute atomic E-state index is 0.0954. The van der Waals surface area contributed by atoms with Crippen LogP contribution in [0.2, 0.25) is 0 Å². The summed E-state index contributed by atoms with van der Waals surface area (Å²) in [7, 11) is 0. The summed E-state index contributed by atoms with van der Waals surface area (Å²) in [6.07, 6.45) is 0.195. The van der Waals surface area contributed by atoms with Gasteiger partial charge in [-0.25, -0.2) is 0 Å². The van der Waals surface area contributed by atoms with Crippen molar-refractivity contribution in [3.63, 3.8) is 0 Å². The van der Waals surface area contributed by atoms with Crippen molar-refractivity contribution in [2.24, 2.45) is 5.92 Å². The fourth-order valence-electron chi connectivity index (χ4n) is 3.06. The molecule has 0 aliphatic heterocycles. The van der Waals surface area contributed by atoms with Crippen LogP contribution in [0.15, 0.2) is 53.9 Å². The first-order valence-corrected chi connectivity index (χ1v) is 9.92. The molecule has 0 bridgehead atoms. The first-order chi connectivity index (χ1) is 13.5. The van der Waals surface area contributed by atoms with Gasteiger partial charge in [0.05, 0.1) is 12.0 Å². The van der Waals surface area contributed by atoms with Gasteiger partial charge in [-0.1, -0.05) is 56.3 Å². The van der Waals surface area contributed by atoms with E-state index in [1.165, 1.54) is 11.3 Å². The molecule has 2 amide bonds. The lowest BCUT2D eigenvalue weighted by Crippen LogP contribution is -2.47. The Hall–Kier alpha value is -3.17. The van der Waals surface area contributed by atoms with Crippen LogP contribution in [0.3, 0.4) is 0 Å². The van der Waals surface area contributed by atoms with Crippen molar-refractivity contribution in [3.05, 3.63) is 65.0 Å². The Balaban J connectivity index is 1.72. The standard InChI is InChI=1S/C22H21N3O2S/c1-14(2)20(21(27)25-22-17(13-23)10-11-28-22)24-19(26)12-16-8-5-7-15-6-3-4-9-18(15)16/h3-11,14,20H,12H2,1-2H3,(H,24,26)(H,25,27). The molecule has 3 aromatic rings. The average Bonchev–Trinajstić information content (AvgIpc) is 3.13. The topological polar surface area (TPSA) is 82.0 Å². The van der Waals surface area contributed by atoms with Gasteiger partial charge in [-0.2, -0.15) is 5.26 Å². The maximum atomic E-state index is 12.7. The Morgan fingerprint density at radius 3 is 2.61 bits per heavy atom. The fraction of sp³-hybridized carbons (Fsp3) is 0.227. The third-order valence-electron chi connectivity index (χ3n) is 4.52. The number of hydrogen-bond donors (Lipinski definition) is 2. The van der Waals surface area contributed by atoms with Crippen LogP contribution in [0.1, 0.15) is 25.0 Å². The zero-order valence-corrected chi connectivity index (χ0v) is 16.5. The summed E-state index contributed by atoms with van der Waals surface area (Å²) in [6, 6.07) is 16.8. The molecule has 0 spiro atoms. The van der Waals surface area contributed by atoms with Crippen LogP contribution < -0.4 is 10.6 Å². The first-order valence-electron chi connectivity index (χ1n) is 9.04. The number of amides is 2. The molecule has 3 rings (SSSR count). The van der Waals surface area contributed by atoms with Gasteiger partial charge >= 0.3 is 0 Å². The average molecular weight is 391 g/mol. The molecular formula is C22H21N3O2S. The van der Waals surface area contributed by atoms with Crippen LogP contribution in [-0.2, 0) is 16.0 Å². The van der Waals surface area contributed by atoms with Crippen LogP contribution in [-0.4, -0.2) is 17.9 Å². The van der Waals surface area contributed by atoms with Gasteiger partial charge in [-0.3, -0.25) is 9.59 Å². The van der Waals surface area contributed by atoms with Gasteiger partial charge in [-0.05, 0) is 33.7 Å². The van der Waals surface area contributed by atoms with E-state index in [2.05, 4.69) is 10.6 Å². The number of hydrogen-bond acceptors (Lipinski definition) is 4. The summed E-state index contributed by atoms with van der Waals surface area (Å²) in [6.45, 7) is 3.75. The second-order valence-electron chi connectivity index (χ2n) is 6.87. The van der Waals surface area contributed by atoms with E-state index in [9.17, 15) is 9.59 Å². The van der Waals surface area contributed by atoms with Gasteiger partial charge in [0.15, 0.2) is 0 Å². The van der Waals surface area contributed by atoms with Crippen LogP contribution in [0.5, 0.6) is 0 Å². The number of rotatable bonds is 6. The molecule has 0 saturated carbocycles. The van der Waals surface area contributed by atoms with E-state index < -0.39 is 6.04 Å². The molecule has 142 valence electrons. The molecule has 1 heterocycles. The maximum absolute atomic E-state index is 12.7. The van der Waals surface area contributed by atoms with Crippen molar-refractivity contribution in [1.29, 1.82) is 5.26 Å². The Kier molecular flexibility index (Phi) is 6.07. The van der Waals surface area contributed by atoms with E-state index in [0.29, 0.717) is 10.6 Å². The quantitative estimate of drug-likeness (QED) is 0.664. The lowest BCUT2D eigenvalue weighted by atomic mass is 10.0. The second kappa shape index (κ2) is 8.68. The number of thiophene rings is 1. The molecule has 0 saturated heterocycles. The monoisotopic (exact) mass is 391 g/mol. The van der Waals surface area contributed by atoms with Gasteiger partial charge in [0, 0.05) is 0 Å². The molecule has 1 aromatic heterocycles. The molecule has 0 fully saturated rings. The summed E-state index contributed by atoms with van der Waals surface area (Å²) >= 11 is 1.29. The normalized spacial score (nSPS) is 11.8. The van der Waals surface area contributed by atoms with Gasteiger partial charge in [0.25, 0.3) is 0 Å². The molecule has 1 atom stereocenters. The predicted octanol–water partition coefficient (Wildman–Crippen LogP) is 4.09. The zero-order valence-electron chi connectivity index (χ0n) is 15.7. The molecule has 2 N–H and O–H groups in total. The van der Waals surface area contributed by atoms with Crippen molar-refractivity contribution >= 4 is 38.9 Å². The summed E-state index contributed by atoms with van der Waals surface area (Å²) < 4.78 is 0. The van der Waals surface area contributed by atoms with E-state index in [1.807, 2.05) is 62.4 Å². The van der Waals surface area contributed by atoms with E-state index in [-0.39, 0.29) is 24.2 Å². The van der Waals surface area contributed by atoms with Crippen molar-refractivity contribution in [3.8, 4) is 6.07 Å². The third kappa shape index (κ3) is 4.38. The Morgan fingerprint density at radius 1 is 1.11 bits per heavy atom. The van der Waals surface area contributed by atoms with Crippen molar-refractivity contribution in [2.75, 3.05) is 5.32 Å². The number of fused-ring (bicyclic) bond motifs is 1. The first kappa shape index (κ1) is 19.6. The molecule has 1 unspecified atom stereocenters. The minimum Gasteiger partial charge on any atom is -0.344 e. The van der Waals surface area contributed by atoms with Gasteiger partial charge in [-0.15, -0.1) is 11.3 Å². The van der Waals surface area contributed by atoms with Crippen molar-refractivity contribution < 1.29 is 9.59 Å². The summed E-state index contributed by atoms with van der Waals surface area (Å²) in [4.78, 5) is 25.4.